The number of sulfonamides is 1. The first-order valence-corrected chi connectivity index (χ1v) is 9.71. The zero-order valence-electron chi connectivity index (χ0n) is 13.0. The van der Waals surface area contributed by atoms with Crippen LogP contribution in [0, 0.1) is 5.82 Å². The molecule has 0 spiro atoms. The van der Waals surface area contributed by atoms with Crippen LogP contribution in [0.4, 0.5) is 4.39 Å². The molecule has 1 aromatic carbocycles. The van der Waals surface area contributed by atoms with Gasteiger partial charge in [0.2, 0.25) is 10.0 Å². The van der Waals surface area contributed by atoms with Crippen molar-refractivity contribution in [1.29, 1.82) is 0 Å². The zero-order valence-corrected chi connectivity index (χ0v) is 15.4. The molecule has 0 bridgehead atoms. The average Bonchev–Trinajstić information content (AvgIpc) is 2.91. The van der Waals surface area contributed by atoms with Gasteiger partial charge in [-0.05, 0) is 30.3 Å². The molecule has 0 atom stereocenters. The van der Waals surface area contributed by atoms with Crippen molar-refractivity contribution < 1.29 is 17.6 Å². The van der Waals surface area contributed by atoms with Crippen molar-refractivity contribution in [1.82, 2.24) is 9.62 Å². The second-order valence-electron chi connectivity index (χ2n) is 5.01. The summed E-state index contributed by atoms with van der Waals surface area (Å²) in [5.41, 5.74) is -0.292. The molecule has 130 valence electrons. The van der Waals surface area contributed by atoms with Gasteiger partial charge in [-0.25, -0.2) is 17.5 Å². The summed E-state index contributed by atoms with van der Waals surface area (Å²) in [4.78, 5) is 14.5. The van der Waals surface area contributed by atoms with Crippen molar-refractivity contribution >= 4 is 38.9 Å². The van der Waals surface area contributed by atoms with Gasteiger partial charge in [0.25, 0.3) is 5.91 Å². The summed E-state index contributed by atoms with van der Waals surface area (Å²) in [5, 5.41) is 0. The Labute approximate surface area is 149 Å². The van der Waals surface area contributed by atoms with Crippen LogP contribution in [0.1, 0.15) is 22.2 Å². The minimum Gasteiger partial charge on any atom is -0.336 e. The van der Waals surface area contributed by atoms with Crippen LogP contribution in [0.3, 0.4) is 0 Å². The molecule has 9 heteroatoms. The Bertz CT molecular complexity index is 852. The van der Waals surface area contributed by atoms with Gasteiger partial charge in [-0.3, -0.25) is 4.79 Å². The molecule has 0 saturated carbocycles. The van der Waals surface area contributed by atoms with E-state index in [0.717, 1.165) is 23.1 Å². The lowest BCUT2D eigenvalue weighted by Crippen LogP contribution is -2.28. The van der Waals surface area contributed by atoms with E-state index >= 15 is 0 Å². The van der Waals surface area contributed by atoms with Crippen LogP contribution in [-0.4, -0.2) is 32.8 Å². The number of halogens is 2. The van der Waals surface area contributed by atoms with E-state index in [1.54, 1.807) is 19.1 Å². The fourth-order valence-corrected chi connectivity index (χ4v) is 4.26. The molecule has 0 aliphatic carbocycles. The van der Waals surface area contributed by atoms with Crippen LogP contribution in [0.5, 0.6) is 0 Å². The van der Waals surface area contributed by atoms with Gasteiger partial charge in [0.1, 0.15) is 5.82 Å². The molecule has 5 nitrogen and oxygen atoms in total. The number of amides is 1. The number of hydrogen-bond acceptors (Lipinski definition) is 4. The Morgan fingerprint density at radius 3 is 2.62 bits per heavy atom. The van der Waals surface area contributed by atoms with Crippen LogP contribution in [0.15, 0.2) is 35.2 Å². The highest BCUT2D eigenvalue weighted by Gasteiger charge is 2.21. The highest BCUT2D eigenvalue weighted by atomic mass is 35.5. The number of carbonyl (C=O) groups is 1. The summed E-state index contributed by atoms with van der Waals surface area (Å²) in [6.45, 7) is 2.08. The summed E-state index contributed by atoms with van der Waals surface area (Å²) in [6.07, 6.45) is 0. The van der Waals surface area contributed by atoms with Gasteiger partial charge in [0, 0.05) is 18.5 Å². The predicted molar refractivity (Wildman–Crippen MR) is 92.4 cm³/mol. The summed E-state index contributed by atoms with van der Waals surface area (Å²) in [7, 11) is -2.25. The minimum absolute atomic E-state index is 0.151. The fraction of sp³-hybridized carbons (Fsp3) is 0.267. The van der Waals surface area contributed by atoms with E-state index in [2.05, 4.69) is 4.72 Å². The van der Waals surface area contributed by atoms with Gasteiger partial charge in [-0.1, -0.05) is 18.5 Å². The van der Waals surface area contributed by atoms with Crippen molar-refractivity contribution in [2.24, 2.45) is 0 Å². The SMILES string of the molecule is CCNS(=O)(=O)c1ccc(F)c(C(=O)N(C)Cc2ccc(Cl)s2)c1. The molecule has 1 heterocycles. The topological polar surface area (TPSA) is 66.5 Å². The van der Waals surface area contributed by atoms with Crippen LogP contribution in [0.2, 0.25) is 4.34 Å². The minimum atomic E-state index is -3.77. The molecular weight excluding hydrogens is 375 g/mol. The number of carbonyl (C=O) groups excluding carboxylic acids is 1. The van der Waals surface area contributed by atoms with Gasteiger partial charge < -0.3 is 4.90 Å². The van der Waals surface area contributed by atoms with E-state index < -0.39 is 21.7 Å². The van der Waals surface area contributed by atoms with Crippen molar-refractivity contribution in [2.45, 2.75) is 18.4 Å². The smallest absolute Gasteiger partial charge is 0.256 e. The summed E-state index contributed by atoms with van der Waals surface area (Å²) in [6, 6.07) is 6.65. The molecular formula is C15H16ClFN2O3S2. The van der Waals surface area contributed by atoms with Gasteiger partial charge in [-0.15, -0.1) is 11.3 Å². The van der Waals surface area contributed by atoms with Crippen molar-refractivity contribution in [3.63, 3.8) is 0 Å². The maximum Gasteiger partial charge on any atom is 0.256 e. The van der Waals surface area contributed by atoms with Gasteiger partial charge in [0.15, 0.2) is 0 Å². The first-order chi connectivity index (χ1) is 11.2. The molecule has 0 fully saturated rings. The Morgan fingerprint density at radius 2 is 2.04 bits per heavy atom. The highest BCUT2D eigenvalue weighted by Crippen LogP contribution is 2.23. The van der Waals surface area contributed by atoms with Gasteiger partial charge in [0.05, 0.1) is 21.3 Å². The molecule has 0 radical (unpaired) electrons. The fourth-order valence-electron chi connectivity index (χ4n) is 2.06. The van der Waals surface area contributed by atoms with Gasteiger partial charge >= 0.3 is 0 Å². The second-order valence-corrected chi connectivity index (χ2v) is 8.58. The third-order valence-corrected chi connectivity index (χ3v) is 5.94. The lowest BCUT2D eigenvalue weighted by molar-refractivity contribution is 0.0781. The maximum absolute atomic E-state index is 14.0. The lowest BCUT2D eigenvalue weighted by Gasteiger charge is -2.17. The van der Waals surface area contributed by atoms with Crippen LogP contribution < -0.4 is 4.72 Å². The monoisotopic (exact) mass is 390 g/mol. The number of nitrogens with zero attached hydrogens (tertiary/aromatic N) is 1. The van der Waals surface area contributed by atoms with Crippen molar-refractivity contribution in [2.75, 3.05) is 13.6 Å². The number of benzene rings is 1. The Balaban J connectivity index is 2.28. The summed E-state index contributed by atoms with van der Waals surface area (Å²) >= 11 is 7.17. The molecule has 0 unspecified atom stereocenters. The van der Waals surface area contributed by atoms with E-state index in [1.807, 2.05) is 0 Å². The third-order valence-electron chi connectivity index (χ3n) is 3.18. The van der Waals surface area contributed by atoms with E-state index in [4.69, 9.17) is 11.6 Å². The largest absolute Gasteiger partial charge is 0.336 e. The van der Waals surface area contributed by atoms with Crippen LogP contribution >= 0.6 is 22.9 Å². The number of nitrogens with one attached hydrogen (secondary N) is 1. The van der Waals surface area contributed by atoms with E-state index in [-0.39, 0.29) is 23.5 Å². The first-order valence-electron chi connectivity index (χ1n) is 7.03. The lowest BCUT2D eigenvalue weighted by atomic mass is 10.2. The molecule has 1 aromatic heterocycles. The molecule has 0 saturated heterocycles. The first kappa shape index (κ1) is 18.9. The number of thiophene rings is 1. The zero-order chi connectivity index (χ0) is 17.9. The van der Waals surface area contributed by atoms with Crippen molar-refractivity contribution in [3.8, 4) is 0 Å². The standard InChI is InChI=1S/C15H16ClFN2O3S2/c1-3-18-24(21,22)11-5-6-13(17)12(8-11)15(20)19(2)9-10-4-7-14(16)23-10/h4-8,18H,3,9H2,1-2H3. The van der Waals surface area contributed by atoms with Crippen LogP contribution in [-0.2, 0) is 16.6 Å². The van der Waals surface area contributed by atoms with E-state index in [9.17, 15) is 17.6 Å². The third kappa shape index (κ3) is 4.32. The Kier molecular flexibility index (Phi) is 5.97. The van der Waals surface area contributed by atoms with E-state index in [0.29, 0.717) is 4.34 Å². The summed E-state index contributed by atoms with van der Waals surface area (Å²) in [5.74, 6) is -1.38. The molecule has 2 aromatic rings. The molecule has 2 rings (SSSR count). The van der Waals surface area contributed by atoms with Crippen LogP contribution in [0.25, 0.3) is 0 Å². The molecule has 1 amide bonds. The number of rotatable bonds is 6. The Hall–Kier alpha value is -1.48. The molecule has 0 aliphatic heterocycles. The van der Waals surface area contributed by atoms with Crippen molar-refractivity contribution in [3.05, 3.63) is 50.9 Å². The summed E-state index contributed by atoms with van der Waals surface area (Å²) < 4.78 is 40.9. The molecule has 1 N–H and O–H groups in total. The quantitative estimate of drug-likeness (QED) is 0.824. The number of hydrogen-bond donors (Lipinski definition) is 1. The predicted octanol–water partition coefficient (Wildman–Crippen LogP) is 3.11. The average molecular weight is 391 g/mol. The van der Waals surface area contributed by atoms with Gasteiger partial charge in [-0.2, -0.15) is 0 Å². The van der Waals surface area contributed by atoms with E-state index in [1.165, 1.54) is 23.3 Å². The normalized spacial score (nSPS) is 11.5. The highest BCUT2D eigenvalue weighted by molar-refractivity contribution is 7.89. The molecule has 0 aliphatic rings. The molecule has 24 heavy (non-hydrogen) atoms. The second kappa shape index (κ2) is 7.60. The Morgan fingerprint density at radius 1 is 1.33 bits per heavy atom. The maximum atomic E-state index is 14.0.